The average Bonchev–Trinajstić information content (AvgIpc) is 3.40. The zero-order valence-electron chi connectivity index (χ0n) is 47.0. The molecule has 1 aliphatic rings. The van der Waals surface area contributed by atoms with Crippen molar-refractivity contribution in [1.29, 1.82) is 0 Å². The molecule has 6 heteroatoms. The summed E-state index contributed by atoms with van der Waals surface area (Å²) in [5.74, 6) is 0. The first-order chi connectivity index (χ1) is 35.3. The molecule has 4 aromatic carbocycles. The number of anilines is 6. The topological polar surface area (TPSA) is 19.0 Å². The van der Waals surface area contributed by atoms with Crippen LogP contribution in [0.3, 0.4) is 0 Å². The summed E-state index contributed by atoms with van der Waals surface area (Å²) < 4.78 is 5.15. The minimum absolute atomic E-state index is 1.12. The lowest BCUT2D eigenvalue weighted by Gasteiger charge is -2.27. The van der Waals surface area contributed by atoms with Crippen molar-refractivity contribution in [2.24, 2.45) is 0 Å². The van der Waals surface area contributed by atoms with Gasteiger partial charge in [0, 0.05) is 137 Å². The molecule has 0 saturated heterocycles. The molecule has 0 atom stereocenters. The van der Waals surface area contributed by atoms with Gasteiger partial charge in [0.15, 0.2) is 5.71 Å². The predicted octanol–water partition coefficient (Wildman–Crippen LogP) is 18.4. The summed E-state index contributed by atoms with van der Waals surface area (Å²) in [7, 11) is 8.41. The molecule has 0 aromatic heterocycles. The first kappa shape index (κ1) is 57.8. The van der Waals surface area contributed by atoms with Gasteiger partial charge < -0.3 is 19.6 Å². The van der Waals surface area contributed by atoms with Crippen molar-refractivity contribution < 1.29 is 4.58 Å². The molecule has 0 saturated carbocycles. The Morgan fingerprint density at radius 3 is 0.958 bits per heavy atom. The zero-order valence-corrected chi connectivity index (χ0v) is 47.0. The van der Waals surface area contributed by atoms with Crippen LogP contribution >= 0.6 is 0 Å². The summed E-state index contributed by atoms with van der Waals surface area (Å²) in [6.45, 7) is 13.8. The average molecular weight is 978 g/mol. The fraction of sp³-hybridized carbons (Fsp3) is 0.545. The van der Waals surface area contributed by atoms with E-state index in [0.717, 1.165) is 48.9 Å². The van der Waals surface area contributed by atoms with Gasteiger partial charge in [0.1, 0.15) is 13.1 Å². The van der Waals surface area contributed by atoms with E-state index in [2.05, 4.69) is 206 Å². The molecule has 0 fully saturated rings. The van der Waals surface area contributed by atoms with Gasteiger partial charge in [0.05, 0.1) is 0 Å². The molecule has 0 unspecified atom stereocenters. The van der Waals surface area contributed by atoms with Crippen LogP contribution in [0.15, 0.2) is 121 Å². The molecule has 1 aliphatic carbocycles. The molecule has 6 nitrogen and oxygen atoms in total. The largest absolute Gasteiger partial charge is 0.378 e. The Bertz CT molecular complexity index is 2090. The quantitative estimate of drug-likeness (QED) is 0.0257. The summed E-state index contributed by atoms with van der Waals surface area (Å²) in [6, 6.07) is 36.6. The Kier molecular flexibility index (Phi) is 27.0. The predicted molar refractivity (Wildman–Crippen MR) is 322 cm³/mol. The Morgan fingerprint density at radius 2 is 0.597 bits per heavy atom. The van der Waals surface area contributed by atoms with Crippen LogP contribution in [-0.4, -0.2) is 70.4 Å². The molecule has 0 bridgehead atoms. The molecular weight excluding hydrogens is 877 g/mol. The molecule has 72 heavy (non-hydrogen) atoms. The first-order valence-electron chi connectivity index (χ1n) is 29.2. The number of hydrogen-bond acceptors (Lipinski definition) is 4. The molecule has 4 aromatic rings. The molecule has 0 N–H and O–H groups in total. The van der Waals surface area contributed by atoms with E-state index in [1.54, 1.807) is 0 Å². The smallest absolute Gasteiger partial charge is 0.212 e. The molecule has 0 spiro atoms. The van der Waals surface area contributed by atoms with E-state index in [-0.39, 0.29) is 0 Å². The molecular formula is C66H100N6+2. The second-order valence-corrected chi connectivity index (χ2v) is 21.1. The number of benzene rings is 4. The summed E-state index contributed by atoms with van der Waals surface area (Å²) >= 11 is 0. The monoisotopic (exact) mass is 977 g/mol. The van der Waals surface area contributed by atoms with Crippen molar-refractivity contribution in [2.75, 3.05) is 74.0 Å². The van der Waals surface area contributed by atoms with Gasteiger partial charge in [-0.05, 0) is 98.5 Å². The van der Waals surface area contributed by atoms with Gasteiger partial charge in [-0.25, -0.2) is 4.58 Å². The van der Waals surface area contributed by atoms with Gasteiger partial charge in [-0.2, -0.15) is 4.58 Å². The number of rotatable bonds is 36. The van der Waals surface area contributed by atoms with Crippen molar-refractivity contribution in [1.82, 2.24) is 4.58 Å². The number of unbranched alkanes of at least 4 members (excludes halogenated alkanes) is 20. The molecule has 0 heterocycles. The first-order valence-corrected chi connectivity index (χ1v) is 29.2. The Morgan fingerprint density at radius 1 is 0.306 bits per heavy atom. The molecule has 0 aliphatic heterocycles. The van der Waals surface area contributed by atoms with Crippen LogP contribution in [0.1, 0.15) is 182 Å². The fourth-order valence-electron chi connectivity index (χ4n) is 10.1. The van der Waals surface area contributed by atoms with Crippen molar-refractivity contribution in [3.05, 3.63) is 121 Å². The Balaban J connectivity index is 1.52. The summed E-state index contributed by atoms with van der Waals surface area (Å²) in [5.41, 5.74) is 12.0. The second kappa shape index (κ2) is 33.6. The Hall–Kier alpha value is -5.10. The van der Waals surface area contributed by atoms with Gasteiger partial charge in [-0.15, -0.1) is 0 Å². The zero-order chi connectivity index (χ0) is 51.2. The third kappa shape index (κ3) is 19.4. The highest BCUT2D eigenvalue weighted by molar-refractivity contribution is 6.18. The third-order valence-corrected chi connectivity index (χ3v) is 14.7. The lowest BCUT2D eigenvalue weighted by molar-refractivity contribution is -0.527. The van der Waals surface area contributed by atoms with E-state index in [0.29, 0.717) is 0 Å². The van der Waals surface area contributed by atoms with Crippen molar-refractivity contribution in [3.63, 3.8) is 0 Å². The second-order valence-electron chi connectivity index (χ2n) is 21.1. The van der Waals surface area contributed by atoms with E-state index < -0.39 is 0 Å². The standard InChI is InChI=1S/C66H100N6/c1-9-13-17-21-25-29-53-69(54-30-26-22-18-14-10-2)59-37-45-63(46-38-59)72(64-47-39-60(40-48-64)70(55-31-27-23-19-15-11-3)56-32-28-24-20-16-12-4)66-51-49-65(50-52-66)71(61-41-33-57(34-42-61)67(5)6)62-43-35-58(36-44-62)68(7)8/h33-52H,9-32,53-56H2,1-8H3/q+2. The fourth-order valence-corrected chi connectivity index (χ4v) is 10.1. The van der Waals surface area contributed by atoms with E-state index in [1.165, 1.54) is 188 Å². The molecule has 5 rings (SSSR count). The highest BCUT2D eigenvalue weighted by Crippen LogP contribution is 2.38. The molecule has 0 amide bonds. The van der Waals surface area contributed by atoms with Crippen molar-refractivity contribution in [3.8, 4) is 0 Å². The van der Waals surface area contributed by atoms with Crippen LogP contribution in [0, 0.1) is 0 Å². The van der Waals surface area contributed by atoms with E-state index in [9.17, 15) is 0 Å². The maximum Gasteiger partial charge on any atom is 0.212 e. The summed E-state index contributed by atoms with van der Waals surface area (Å²) in [5, 5.41) is 0. The summed E-state index contributed by atoms with van der Waals surface area (Å²) in [4.78, 5) is 9.38. The van der Waals surface area contributed by atoms with Crippen molar-refractivity contribution >= 4 is 56.9 Å². The van der Waals surface area contributed by atoms with Crippen LogP contribution in [-0.2, 0) is 0 Å². The van der Waals surface area contributed by atoms with Crippen LogP contribution in [0.4, 0.5) is 45.5 Å². The SMILES string of the molecule is CCCCCCCCN(CCCCCCCC)c1ccc([N+](=C2C=CC(=[N+](CCCCCCCC)CCCCCCCC)C=C2)c2ccc(N(c3ccc(N(C)C)cc3)c3ccc(N(C)C)cc3)cc2)cc1. The third-order valence-electron chi connectivity index (χ3n) is 14.7. The minimum atomic E-state index is 1.12. The van der Waals surface area contributed by atoms with Gasteiger partial charge in [-0.1, -0.05) is 143 Å². The van der Waals surface area contributed by atoms with Crippen LogP contribution in [0.2, 0.25) is 0 Å². The highest BCUT2D eigenvalue weighted by Gasteiger charge is 2.24. The minimum Gasteiger partial charge on any atom is -0.378 e. The molecule has 0 radical (unpaired) electrons. The number of hydrogen-bond donors (Lipinski definition) is 0. The normalized spacial score (nSPS) is 12.2. The lowest BCUT2D eigenvalue weighted by atomic mass is 10.1. The van der Waals surface area contributed by atoms with Gasteiger partial charge >= 0.3 is 0 Å². The van der Waals surface area contributed by atoms with Gasteiger partial charge in [0.25, 0.3) is 0 Å². The van der Waals surface area contributed by atoms with E-state index in [1.807, 2.05) is 0 Å². The molecule has 392 valence electrons. The van der Waals surface area contributed by atoms with Crippen molar-refractivity contribution in [2.45, 2.75) is 182 Å². The number of nitrogens with zero attached hydrogens (tertiary/aromatic N) is 6. The maximum absolute atomic E-state index is 2.68. The highest BCUT2D eigenvalue weighted by atomic mass is 15.2. The Labute approximate surface area is 441 Å². The van der Waals surface area contributed by atoms with Crippen LogP contribution in [0.25, 0.3) is 0 Å². The van der Waals surface area contributed by atoms with E-state index in [4.69, 9.17) is 0 Å². The lowest BCUT2D eigenvalue weighted by Crippen LogP contribution is -2.26. The van der Waals surface area contributed by atoms with E-state index >= 15 is 0 Å². The van der Waals surface area contributed by atoms with Gasteiger partial charge in [0.2, 0.25) is 17.1 Å². The summed E-state index contributed by atoms with van der Waals surface area (Å²) in [6.07, 6.45) is 41.4. The van der Waals surface area contributed by atoms with Gasteiger partial charge in [-0.3, -0.25) is 0 Å². The number of allylic oxidation sites excluding steroid dienone is 4. The van der Waals surface area contributed by atoms with Crippen LogP contribution in [0.5, 0.6) is 0 Å². The maximum atomic E-state index is 2.68. The van der Waals surface area contributed by atoms with Crippen LogP contribution < -0.4 is 24.2 Å².